The van der Waals surface area contributed by atoms with E-state index in [9.17, 15) is 4.79 Å². The first-order chi connectivity index (χ1) is 11.3. The predicted octanol–water partition coefficient (Wildman–Crippen LogP) is 0.762. The first-order valence-corrected chi connectivity index (χ1v) is 8.46. The number of piperazine rings is 1. The molecule has 3 heterocycles. The highest BCUT2D eigenvalue weighted by atomic mass is 16.5. The van der Waals surface area contributed by atoms with Crippen molar-refractivity contribution in [2.45, 2.75) is 19.8 Å². The summed E-state index contributed by atoms with van der Waals surface area (Å²) in [5.74, 6) is 1.99. The topological polar surface area (TPSA) is 61.8 Å². The first-order valence-electron chi connectivity index (χ1n) is 8.46. The molecule has 1 aromatic rings. The Morgan fingerprint density at radius 2 is 1.87 bits per heavy atom. The summed E-state index contributed by atoms with van der Waals surface area (Å²) in [6.45, 7) is 8.38. The average Bonchev–Trinajstić information content (AvgIpc) is 2.63. The van der Waals surface area contributed by atoms with Gasteiger partial charge in [-0.25, -0.2) is 4.98 Å². The Balaban J connectivity index is 1.61. The fourth-order valence-electron chi connectivity index (χ4n) is 2.99. The minimum Gasteiger partial charge on any atom is -0.378 e. The molecule has 2 aliphatic rings. The maximum Gasteiger partial charge on any atom is 0.227 e. The van der Waals surface area contributed by atoms with Crippen molar-refractivity contribution in [3.63, 3.8) is 0 Å². The van der Waals surface area contributed by atoms with Crippen LogP contribution in [0, 0.1) is 0 Å². The fourth-order valence-corrected chi connectivity index (χ4v) is 2.99. The van der Waals surface area contributed by atoms with Crippen molar-refractivity contribution >= 4 is 17.7 Å². The summed E-state index contributed by atoms with van der Waals surface area (Å²) in [5, 5.41) is 0. The van der Waals surface area contributed by atoms with E-state index in [4.69, 9.17) is 9.72 Å². The van der Waals surface area contributed by atoms with Crippen molar-refractivity contribution in [2.24, 2.45) is 0 Å². The van der Waals surface area contributed by atoms with Gasteiger partial charge in [-0.2, -0.15) is 4.98 Å². The largest absolute Gasteiger partial charge is 0.378 e. The SMILES string of the molecule is CCCC(=O)N1CCN(c2ccnc(N3CCOCC3)n2)CC1. The van der Waals surface area contributed by atoms with Crippen LogP contribution in [-0.2, 0) is 9.53 Å². The maximum atomic E-state index is 12.0. The van der Waals surface area contributed by atoms with Crippen LogP contribution in [-0.4, -0.2) is 73.3 Å². The highest BCUT2D eigenvalue weighted by Gasteiger charge is 2.22. The summed E-state index contributed by atoms with van der Waals surface area (Å²) in [6, 6.07) is 1.95. The molecule has 0 spiro atoms. The van der Waals surface area contributed by atoms with E-state index in [0.29, 0.717) is 6.42 Å². The monoisotopic (exact) mass is 319 g/mol. The number of hydrogen-bond acceptors (Lipinski definition) is 6. The van der Waals surface area contributed by atoms with Gasteiger partial charge in [-0.15, -0.1) is 0 Å². The van der Waals surface area contributed by atoms with Crippen LogP contribution in [0.1, 0.15) is 19.8 Å². The Hall–Kier alpha value is -1.89. The number of morpholine rings is 1. The van der Waals surface area contributed by atoms with Gasteiger partial charge in [-0.05, 0) is 12.5 Å². The molecule has 0 unspecified atom stereocenters. The van der Waals surface area contributed by atoms with Gasteiger partial charge in [-0.1, -0.05) is 6.92 Å². The van der Waals surface area contributed by atoms with E-state index < -0.39 is 0 Å². The van der Waals surface area contributed by atoms with Crippen LogP contribution >= 0.6 is 0 Å². The zero-order valence-electron chi connectivity index (χ0n) is 13.8. The standard InChI is InChI=1S/C16H25N5O2/c1-2-3-15(22)20-8-6-19(7-9-20)14-4-5-17-16(18-14)21-10-12-23-13-11-21/h4-5H,2-3,6-13H2,1H3. The quantitative estimate of drug-likeness (QED) is 0.817. The molecule has 0 atom stereocenters. The minimum absolute atomic E-state index is 0.267. The number of amides is 1. The second-order valence-corrected chi connectivity index (χ2v) is 5.93. The number of carbonyl (C=O) groups excluding carboxylic acids is 1. The van der Waals surface area contributed by atoms with E-state index in [2.05, 4.69) is 14.8 Å². The molecule has 0 saturated carbocycles. The number of rotatable bonds is 4. The number of hydrogen-bond donors (Lipinski definition) is 0. The highest BCUT2D eigenvalue weighted by molar-refractivity contribution is 5.76. The van der Waals surface area contributed by atoms with Gasteiger partial charge in [0.1, 0.15) is 5.82 Å². The lowest BCUT2D eigenvalue weighted by molar-refractivity contribution is -0.131. The smallest absolute Gasteiger partial charge is 0.227 e. The van der Waals surface area contributed by atoms with Crippen molar-refractivity contribution in [3.05, 3.63) is 12.3 Å². The number of nitrogens with zero attached hydrogens (tertiary/aromatic N) is 5. The second kappa shape index (κ2) is 7.59. The van der Waals surface area contributed by atoms with Crippen molar-refractivity contribution in [3.8, 4) is 0 Å². The number of anilines is 2. The lowest BCUT2D eigenvalue weighted by Gasteiger charge is -2.36. The molecule has 3 rings (SSSR count). The molecule has 2 saturated heterocycles. The Kier molecular flexibility index (Phi) is 5.27. The third kappa shape index (κ3) is 3.90. The minimum atomic E-state index is 0.267. The molecule has 0 aromatic carbocycles. The molecule has 0 bridgehead atoms. The van der Waals surface area contributed by atoms with Crippen LogP contribution < -0.4 is 9.80 Å². The lowest BCUT2D eigenvalue weighted by Crippen LogP contribution is -2.49. The van der Waals surface area contributed by atoms with Crippen LogP contribution in [0.4, 0.5) is 11.8 Å². The summed E-state index contributed by atoms with van der Waals surface area (Å²) in [7, 11) is 0. The van der Waals surface area contributed by atoms with Crippen LogP contribution in [0.2, 0.25) is 0 Å². The molecule has 7 nitrogen and oxygen atoms in total. The average molecular weight is 319 g/mol. The Morgan fingerprint density at radius 1 is 1.13 bits per heavy atom. The molecule has 126 valence electrons. The van der Waals surface area contributed by atoms with E-state index in [1.54, 1.807) is 0 Å². The zero-order valence-corrected chi connectivity index (χ0v) is 13.8. The van der Waals surface area contributed by atoms with Gasteiger partial charge in [0.2, 0.25) is 11.9 Å². The van der Waals surface area contributed by atoms with Crippen molar-refractivity contribution in [1.82, 2.24) is 14.9 Å². The highest BCUT2D eigenvalue weighted by Crippen LogP contribution is 2.18. The third-order valence-electron chi connectivity index (χ3n) is 4.34. The Bertz CT molecular complexity index is 525. The molecule has 7 heteroatoms. The van der Waals surface area contributed by atoms with Gasteiger partial charge in [0.05, 0.1) is 13.2 Å². The van der Waals surface area contributed by atoms with Gasteiger partial charge in [0.25, 0.3) is 0 Å². The van der Waals surface area contributed by atoms with Gasteiger partial charge < -0.3 is 19.4 Å². The Morgan fingerprint density at radius 3 is 2.57 bits per heavy atom. The van der Waals surface area contributed by atoms with E-state index in [1.807, 2.05) is 24.1 Å². The van der Waals surface area contributed by atoms with E-state index >= 15 is 0 Å². The first kappa shape index (κ1) is 16.0. The van der Waals surface area contributed by atoms with E-state index in [1.165, 1.54) is 0 Å². The number of carbonyl (C=O) groups is 1. The molecule has 0 aliphatic carbocycles. The van der Waals surface area contributed by atoms with E-state index in [0.717, 1.165) is 70.7 Å². The van der Waals surface area contributed by atoms with Crippen LogP contribution in [0.3, 0.4) is 0 Å². The normalized spacial score (nSPS) is 19.1. The molecule has 0 radical (unpaired) electrons. The van der Waals surface area contributed by atoms with Crippen molar-refractivity contribution in [1.29, 1.82) is 0 Å². The fraction of sp³-hybridized carbons (Fsp3) is 0.688. The second-order valence-electron chi connectivity index (χ2n) is 5.93. The van der Waals surface area contributed by atoms with Gasteiger partial charge >= 0.3 is 0 Å². The summed E-state index contributed by atoms with van der Waals surface area (Å²) in [6.07, 6.45) is 3.38. The van der Waals surface area contributed by atoms with Gasteiger partial charge in [0, 0.05) is 51.9 Å². The van der Waals surface area contributed by atoms with Gasteiger partial charge in [-0.3, -0.25) is 4.79 Å². The predicted molar refractivity (Wildman–Crippen MR) is 88.8 cm³/mol. The molecule has 23 heavy (non-hydrogen) atoms. The molecular weight excluding hydrogens is 294 g/mol. The molecular formula is C16H25N5O2. The van der Waals surface area contributed by atoms with Crippen LogP contribution in [0.15, 0.2) is 12.3 Å². The summed E-state index contributed by atoms with van der Waals surface area (Å²) >= 11 is 0. The van der Waals surface area contributed by atoms with Crippen molar-refractivity contribution < 1.29 is 9.53 Å². The summed E-state index contributed by atoms with van der Waals surface area (Å²) < 4.78 is 5.38. The maximum absolute atomic E-state index is 12.0. The molecule has 0 N–H and O–H groups in total. The number of ether oxygens (including phenoxy) is 1. The molecule has 2 fully saturated rings. The third-order valence-corrected chi connectivity index (χ3v) is 4.34. The summed E-state index contributed by atoms with van der Waals surface area (Å²) in [4.78, 5) is 27.4. The lowest BCUT2D eigenvalue weighted by atomic mass is 10.2. The summed E-state index contributed by atoms with van der Waals surface area (Å²) in [5.41, 5.74) is 0. The van der Waals surface area contributed by atoms with Crippen molar-refractivity contribution in [2.75, 3.05) is 62.3 Å². The molecule has 1 aromatic heterocycles. The van der Waals surface area contributed by atoms with Crippen LogP contribution in [0.5, 0.6) is 0 Å². The van der Waals surface area contributed by atoms with E-state index in [-0.39, 0.29) is 5.91 Å². The van der Waals surface area contributed by atoms with Crippen LogP contribution in [0.25, 0.3) is 0 Å². The zero-order chi connectivity index (χ0) is 16.1. The van der Waals surface area contributed by atoms with Gasteiger partial charge in [0.15, 0.2) is 0 Å². The molecule has 2 aliphatic heterocycles. The number of aromatic nitrogens is 2. The Labute approximate surface area is 137 Å². The molecule has 1 amide bonds.